The van der Waals surface area contributed by atoms with E-state index in [0.29, 0.717) is 18.4 Å². The Bertz CT molecular complexity index is 582. The zero-order valence-electron chi connectivity index (χ0n) is 11.1. The number of aliphatic hydroxyl groups excluding tert-OH is 1. The molecule has 0 saturated heterocycles. The fourth-order valence-corrected chi connectivity index (χ4v) is 3.67. The number of alkyl halides is 3. The second kappa shape index (κ2) is 5.58. The average molecular weight is 323 g/mol. The Morgan fingerprint density at radius 3 is 2.29 bits per heavy atom. The highest BCUT2D eigenvalue weighted by Gasteiger charge is 2.52. The molecule has 0 bridgehead atoms. The first-order valence-electron chi connectivity index (χ1n) is 6.45. The van der Waals surface area contributed by atoms with E-state index >= 15 is 0 Å². The van der Waals surface area contributed by atoms with Gasteiger partial charge in [0.15, 0.2) is 0 Å². The number of benzene rings is 1. The molecule has 2 rings (SSSR count). The third kappa shape index (κ3) is 4.42. The second-order valence-electron chi connectivity index (χ2n) is 5.26. The molecule has 0 spiro atoms. The highest BCUT2D eigenvalue weighted by atomic mass is 32.2. The Labute approximate surface area is 121 Å². The van der Waals surface area contributed by atoms with E-state index in [9.17, 15) is 26.7 Å². The van der Waals surface area contributed by atoms with Gasteiger partial charge in [0.25, 0.3) is 0 Å². The second-order valence-corrected chi connectivity index (χ2v) is 7.10. The molecule has 0 aliphatic heterocycles. The van der Waals surface area contributed by atoms with Crippen LogP contribution in [0, 0.1) is 0 Å². The number of aliphatic hydroxyl groups is 1. The Morgan fingerprint density at radius 2 is 1.81 bits per heavy atom. The van der Waals surface area contributed by atoms with Gasteiger partial charge in [-0.15, -0.1) is 0 Å². The van der Waals surface area contributed by atoms with Gasteiger partial charge in [-0.1, -0.05) is 30.3 Å². The SMILES string of the molecule is O=S(=O)(CCC(F)(F)F)NC1(C(O)c2ccccc2)CC1. The van der Waals surface area contributed by atoms with E-state index in [1.54, 1.807) is 30.3 Å². The molecule has 1 fully saturated rings. The van der Waals surface area contributed by atoms with Crippen molar-refractivity contribution in [3.63, 3.8) is 0 Å². The lowest BCUT2D eigenvalue weighted by Crippen LogP contribution is -2.43. The predicted molar refractivity (Wildman–Crippen MR) is 71.0 cm³/mol. The molecule has 1 unspecified atom stereocenters. The molecule has 1 aliphatic rings. The maximum absolute atomic E-state index is 12.1. The van der Waals surface area contributed by atoms with Gasteiger partial charge in [-0.2, -0.15) is 13.2 Å². The maximum atomic E-state index is 12.1. The van der Waals surface area contributed by atoms with Crippen LogP contribution in [0.5, 0.6) is 0 Å². The Kier molecular flexibility index (Phi) is 4.32. The van der Waals surface area contributed by atoms with E-state index in [4.69, 9.17) is 0 Å². The molecule has 2 N–H and O–H groups in total. The summed E-state index contributed by atoms with van der Waals surface area (Å²) in [7, 11) is -4.09. The van der Waals surface area contributed by atoms with Crippen LogP contribution in [0.3, 0.4) is 0 Å². The van der Waals surface area contributed by atoms with Crippen LogP contribution in [0.15, 0.2) is 30.3 Å². The van der Waals surface area contributed by atoms with Gasteiger partial charge in [0, 0.05) is 0 Å². The number of hydrogen-bond donors (Lipinski definition) is 2. The predicted octanol–water partition coefficient (Wildman–Crippen LogP) is 2.12. The number of nitrogens with one attached hydrogen (secondary N) is 1. The molecular weight excluding hydrogens is 307 g/mol. The topological polar surface area (TPSA) is 66.4 Å². The summed E-state index contributed by atoms with van der Waals surface area (Å²) in [5.41, 5.74) is -0.542. The van der Waals surface area contributed by atoms with Crippen molar-refractivity contribution in [3.05, 3.63) is 35.9 Å². The molecule has 0 aromatic heterocycles. The van der Waals surface area contributed by atoms with Crippen molar-refractivity contribution in [2.24, 2.45) is 0 Å². The first-order chi connectivity index (χ1) is 9.64. The minimum atomic E-state index is -4.52. The molecule has 0 amide bonds. The quantitative estimate of drug-likeness (QED) is 0.843. The van der Waals surface area contributed by atoms with Crippen LogP contribution in [-0.4, -0.2) is 31.0 Å². The molecule has 1 aromatic rings. The summed E-state index contributed by atoms with van der Waals surface area (Å²) in [5, 5.41) is 10.3. The highest BCUT2D eigenvalue weighted by molar-refractivity contribution is 7.89. The molecule has 1 aliphatic carbocycles. The van der Waals surface area contributed by atoms with Gasteiger partial charge in [0.2, 0.25) is 10.0 Å². The van der Waals surface area contributed by atoms with Crippen LogP contribution in [-0.2, 0) is 10.0 Å². The minimum Gasteiger partial charge on any atom is -0.386 e. The van der Waals surface area contributed by atoms with Crippen LogP contribution >= 0.6 is 0 Å². The van der Waals surface area contributed by atoms with Crippen molar-refractivity contribution in [3.8, 4) is 0 Å². The number of rotatable bonds is 6. The smallest absolute Gasteiger partial charge is 0.386 e. The normalized spacial score (nSPS) is 19.2. The van der Waals surface area contributed by atoms with Gasteiger partial charge in [-0.3, -0.25) is 0 Å². The molecule has 0 heterocycles. The van der Waals surface area contributed by atoms with Gasteiger partial charge in [0.1, 0.15) is 0 Å². The molecule has 4 nitrogen and oxygen atoms in total. The van der Waals surface area contributed by atoms with E-state index in [1.165, 1.54) is 0 Å². The van der Waals surface area contributed by atoms with Crippen molar-refractivity contribution in [2.45, 2.75) is 37.1 Å². The van der Waals surface area contributed by atoms with Crippen LogP contribution in [0.1, 0.15) is 30.9 Å². The standard InChI is InChI=1S/C13H16F3NO3S/c14-13(15,16)8-9-21(19,20)17-12(6-7-12)11(18)10-4-2-1-3-5-10/h1-5,11,17-18H,6-9H2. The van der Waals surface area contributed by atoms with E-state index < -0.39 is 40.0 Å². The molecular formula is C13H16F3NO3S. The van der Waals surface area contributed by atoms with Gasteiger partial charge < -0.3 is 5.11 Å². The molecule has 1 saturated carbocycles. The maximum Gasteiger partial charge on any atom is 0.390 e. The highest BCUT2D eigenvalue weighted by Crippen LogP contribution is 2.46. The fourth-order valence-electron chi connectivity index (χ4n) is 2.13. The lowest BCUT2D eigenvalue weighted by molar-refractivity contribution is -0.130. The summed E-state index contributed by atoms with van der Waals surface area (Å²) in [6.45, 7) is 0. The van der Waals surface area contributed by atoms with Gasteiger partial charge >= 0.3 is 6.18 Å². The van der Waals surface area contributed by atoms with E-state index in [-0.39, 0.29) is 0 Å². The summed E-state index contributed by atoms with van der Waals surface area (Å²) in [6.07, 6.45) is -6.20. The summed E-state index contributed by atoms with van der Waals surface area (Å²) in [4.78, 5) is 0. The van der Waals surface area contributed by atoms with Crippen molar-refractivity contribution >= 4 is 10.0 Å². The number of hydrogen-bond acceptors (Lipinski definition) is 3. The summed E-state index contributed by atoms with van der Waals surface area (Å²) in [6, 6.07) is 8.45. The van der Waals surface area contributed by atoms with Gasteiger partial charge in [-0.25, -0.2) is 13.1 Å². The number of sulfonamides is 1. The van der Waals surface area contributed by atoms with Crippen molar-refractivity contribution in [1.82, 2.24) is 4.72 Å². The molecule has 8 heteroatoms. The largest absolute Gasteiger partial charge is 0.390 e. The van der Waals surface area contributed by atoms with Crippen LogP contribution < -0.4 is 4.72 Å². The molecule has 21 heavy (non-hydrogen) atoms. The Balaban J connectivity index is 2.05. The zero-order valence-corrected chi connectivity index (χ0v) is 11.9. The minimum absolute atomic E-state index is 0.397. The van der Waals surface area contributed by atoms with E-state index in [0.717, 1.165) is 0 Å². The van der Waals surface area contributed by atoms with Crippen LogP contribution in [0.25, 0.3) is 0 Å². The molecule has 1 aromatic carbocycles. The van der Waals surface area contributed by atoms with Crippen LogP contribution in [0.2, 0.25) is 0 Å². The first-order valence-corrected chi connectivity index (χ1v) is 8.10. The van der Waals surface area contributed by atoms with Gasteiger partial charge in [-0.05, 0) is 18.4 Å². The number of halogens is 3. The van der Waals surface area contributed by atoms with Crippen LogP contribution in [0.4, 0.5) is 13.2 Å². The Hall–Kier alpha value is -1.12. The summed E-state index contributed by atoms with van der Waals surface area (Å²) < 4.78 is 62.1. The van der Waals surface area contributed by atoms with Gasteiger partial charge in [0.05, 0.1) is 23.8 Å². The average Bonchev–Trinajstić information content (AvgIpc) is 3.16. The van der Waals surface area contributed by atoms with E-state index in [1.807, 2.05) is 0 Å². The third-order valence-corrected chi connectivity index (χ3v) is 4.90. The van der Waals surface area contributed by atoms with Crippen molar-refractivity contribution < 1.29 is 26.7 Å². The van der Waals surface area contributed by atoms with Crippen molar-refractivity contribution in [2.75, 3.05) is 5.75 Å². The Morgan fingerprint density at radius 1 is 1.24 bits per heavy atom. The fraction of sp³-hybridized carbons (Fsp3) is 0.538. The lowest BCUT2D eigenvalue weighted by atomic mass is 10.0. The third-order valence-electron chi connectivity index (χ3n) is 3.44. The zero-order chi connectivity index (χ0) is 15.7. The lowest BCUT2D eigenvalue weighted by Gasteiger charge is -2.24. The molecule has 1 atom stereocenters. The monoisotopic (exact) mass is 323 g/mol. The summed E-state index contributed by atoms with van der Waals surface area (Å²) >= 11 is 0. The molecule has 0 radical (unpaired) electrons. The summed E-state index contributed by atoms with van der Waals surface area (Å²) in [5.74, 6) is -1.03. The first kappa shape index (κ1) is 16.3. The van der Waals surface area contributed by atoms with E-state index in [2.05, 4.69) is 4.72 Å². The molecule has 118 valence electrons. The van der Waals surface area contributed by atoms with Crippen molar-refractivity contribution in [1.29, 1.82) is 0 Å².